The van der Waals surface area contributed by atoms with Gasteiger partial charge in [0.2, 0.25) is 0 Å². The molecule has 0 fully saturated rings. The Morgan fingerprint density at radius 3 is 2.31 bits per heavy atom. The summed E-state index contributed by atoms with van der Waals surface area (Å²) in [5.74, 6) is 1.09. The molecule has 2 aromatic carbocycles. The van der Waals surface area contributed by atoms with Gasteiger partial charge in [0.1, 0.15) is 16.9 Å². The Hall–Kier alpha value is -3.78. The van der Waals surface area contributed by atoms with Crippen molar-refractivity contribution in [1.82, 2.24) is 14.8 Å². The normalized spacial score (nSPS) is 14.5. The number of aryl methyl sites for hydroxylation is 3. The van der Waals surface area contributed by atoms with E-state index in [0.717, 1.165) is 39.0 Å². The number of aliphatic imine (C=N–C) groups is 1. The first-order valence-electron chi connectivity index (χ1n) is 11.5. The highest BCUT2D eigenvalue weighted by Gasteiger charge is 2.32. The molecule has 5 rings (SSSR count). The molecule has 0 unspecified atom stereocenters. The van der Waals surface area contributed by atoms with Gasteiger partial charge in [-0.1, -0.05) is 29.8 Å². The number of nitrogens with zero attached hydrogens (tertiary/aromatic N) is 4. The summed E-state index contributed by atoms with van der Waals surface area (Å²) in [5, 5.41) is 13.2. The zero-order chi connectivity index (χ0) is 24.7. The second-order valence-electron chi connectivity index (χ2n) is 8.75. The summed E-state index contributed by atoms with van der Waals surface area (Å²) in [6, 6.07) is 16.1. The van der Waals surface area contributed by atoms with Gasteiger partial charge in [0.05, 0.1) is 19.2 Å². The highest BCUT2D eigenvalue weighted by atomic mass is 32.1. The molecule has 0 amide bonds. The predicted octanol–water partition coefficient (Wildman–Crippen LogP) is 5.76. The van der Waals surface area contributed by atoms with Crippen molar-refractivity contribution >= 4 is 34.4 Å². The Morgan fingerprint density at radius 1 is 1.00 bits per heavy atom. The van der Waals surface area contributed by atoms with Crippen LogP contribution >= 0.6 is 11.3 Å². The second kappa shape index (κ2) is 9.11. The molecule has 7 nitrogen and oxygen atoms in total. The molecule has 0 spiro atoms. The lowest BCUT2D eigenvalue weighted by molar-refractivity contribution is -0.141. The van der Waals surface area contributed by atoms with E-state index < -0.39 is 6.04 Å². The molecule has 1 N–H and O–H groups in total. The number of fused-ring (bicyclic) bond motifs is 3. The fourth-order valence-corrected chi connectivity index (χ4v) is 5.49. The second-order valence-corrected chi connectivity index (χ2v) is 9.95. The summed E-state index contributed by atoms with van der Waals surface area (Å²) in [7, 11) is 1.39. The average molecular weight is 486 g/mol. The monoisotopic (exact) mass is 485 g/mol. The lowest BCUT2D eigenvalue weighted by atomic mass is 9.99. The van der Waals surface area contributed by atoms with Gasteiger partial charge in [-0.05, 0) is 57.5 Å². The van der Waals surface area contributed by atoms with Crippen LogP contribution in [-0.2, 0) is 9.53 Å². The first-order chi connectivity index (χ1) is 16.9. The van der Waals surface area contributed by atoms with Gasteiger partial charge in [0, 0.05) is 27.4 Å². The van der Waals surface area contributed by atoms with Gasteiger partial charge < -0.3 is 10.1 Å². The van der Waals surface area contributed by atoms with E-state index in [9.17, 15) is 4.79 Å². The Kier molecular flexibility index (Phi) is 5.98. The number of hydrogen-bond donors (Lipinski definition) is 1. The predicted molar refractivity (Wildman–Crippen MR) is 139 cm³/mol. The third kappa shape index (κ3) is 4.25. The number of aromatic nitrogens is 3. The first-order valence-corrected chi connectivity index (χ1v) is 12.3. The highest BCUT2D eigenvalue weighted by molar-refractivity contribution is 7.15. The first kappa shape index (κ1) is 23.0. The van der Waals surface area contributed by atoms with E-state index in [-0.39, 0.29) is 12.4 Å². The molecule has 3 heterocycles. The number of benzene rings is 2. The molecule has 0 radical (unpaired) electrons. The van der Waals surface area contributed by atoms with Gasteiger partial charge >= 0.3 is 5.97 Å². The molecule has 0 aliphatic carbocycles. The van der Waals surface area contributed by atoms with Crippen LogP contribution in [0.25, 0.3) is 5.00 Å². The lowest BCUT2D eigenvalue weighted by Crippen LogP contribution is -2.12. The largest absolute Gasteiger partial charge is 0.469 e. The third-order valence-electron chi connectivity index (χ3n) is 6.33. The number of esters is 1. The molecule has 1 aliphatic heterocycles. The minimum atomic E-state index is -0.497. The topological polar surface area (TPSA) is 81.4 Å². The fraction of sp³-hybridized carbons (Fsp3) is 0.259. The maximum absolute atomic E-state index is 12.3. The number of ether oxygens (including phenoxy) is 1. The van der Waals surface area contributed by atoms with Crippen LogP contribution < -0.4 is 5.32 Å². The molecule has 1 atom stereocenters. The van der Waals surface area contributed by atoms with Crippen LogP contribution in [0.4, 0.5) is 11.4 Å². The van der Waals surface area contributed by atoms with Crippen LogP contribution in [0, 0.1) is 27.7 Å². The SMILES string of the molecule is COC(=O)C[C@@H]1N=C(c2ccc(Nc3ccc(C)cc3)cc2)c2c(sc(C)c2C)-n2c(C)nnc21. The van der Waals surface area contributed by atoms with Gasteiger partial charge in [0.25, 0.3) is 0 Å². The van der Waals surface area contributed by atoms with E-state index in [1.807, 2.05) is 11.5 Å². The fourth-order valence-electron chi connectivity index (χ4n) is 4.28. The van der Waals surface area contributed by atoms with Crippen molar-refractivity contribution in [3.63, 3.8) is 0 Å². The standard InChI is InChI=1S/C27H27N5O2S/c1-15-6-10-20(11-7-15)28-21-12-8-19(9-13-21)25-24-16(2)17(3)35-27(24)32-18(4)30-31-26(32)22(29-25)14-23(33)34-5/h6-13,22,28H,14H2,1-5H3/t22-/m0/s1. The Morgan fingerprint density at radius 2 is 1.66 bits per heavy atom. The van der Waals surface area contributed by atoms with Gasteiger partial charge in [-0.2, -0.15) is 0 Å². The zero-order valence-electron chi connectivity index (χ0n) is 20.4. The maximum Gasteiger partial charge on any atom is 0.308 e. The van der Waals surface area contributed by atoms with Gasteiger partial charge in [-0.25, -0.2) is 0 Å². The molecule has 0 saturated heterocycles. The minimum Gasteiger partial charge on any atom is -0.469 e. The quantitative estimate of drug-likeness (QED) is 0.364. The molecule has 1 aliphatic rings. The molecule has 8 heteroatoms. The number of hydrogen-bond acceptors (Lipinski definition) is 7. The van der Waals surface area contributed by atoms with Crippen LogP contribution in [0.2, 0.25) is 0 Å². The third-order valence-corrected chi connectivity index (χ3v) is 7.52. The van der Waals surface area contributed by atoms with Crippen molar-refractivity contribution in [2.75, 3.05) is 12.4 Å². The van der Waals surface area contributed by atoms with Crippen LogP contribution in [0.1, 0.15) is 51.2 Å². The van der Waals surface area contributed by atoms with Crippen molar-refractivity contribution in [1.29, 1.82) is 0 Å². The minimum absolute atomic E-state index is 0.0954. The number of nitrogens with one attached hydrogen (secondary N) is 1. The van der Waals surface area contributed by atoms with Gasteiger partial charge in [0.15, 0.2) is 5.82 Å². The van der Waals surface area contributed by atoms with E-state index in [0.29, 0.717) is 5.82 Å². The Labute approximate surface area is 208 Å². The van der Waals surface area contributed by atoms with E-state index in [1.54, 1.807) is 11.3 Å². The summed E-state index contributed by atoms with van der Waals surface area (Å²) >= 11 is 1.70. The summed E-state index contributed by atoms with van der Waals surface area (Å²) in [4.78, 5) is 18.6. The van der Waals surface area contributed by atoms with Crippen molar-refractivity contribution in [3.05, 3.63) is 87.3 Å². The van der Waals surface area contributed by atoms with Gasteiger partial charge in [-0.15, -0.1) is 21.5 Å². The van der Waals surface area contributed by atoms with Crippen molar-refractivity contribution in [2.45, 2.75) is 40.2 Å². The highest BCUT2D eigenvalue weighted by Crippen LogP contribution is 2.39. The molecule has 178 valence electrons. The molecule has 35 heavy (non-hydrogen) atoms. The molecule has 0 bridgehead atoms. The number of carbonyl (C=O) groups excluding carboxylic acids is 1. The van der Waals surface area contributed by atoms with Gasteiger partial charge in [-0.3, -0.25) is 14.4 Å². The Balaban J connectivity index is 1.60. The maximum atomic E-state index is 12.3. The van der Waals surface area contributed by atoms with Crippen molar-refractivity contribution in [3.8, 4) is 5.00 Å². The Bertz CT molecular complexity index is 1430. The lowest BCUT2D eigenvalue weighted by Gasteiger charge is -2.12. The van der Waals surface area contributed by atoms with Crippen LogP contribution in [0.5, 0.6) is 0 Å². The molecular formula is C27H27N5O2S. The molecule has 4 aromatic rings. The number of methoxy groups -OCH3 is 1. The van der Waals surface area contributed by atoms with E-state index in [1.165, 1.54) is 23.1 Å². The molecule has 2 aromatic heterocycles. The van der Waals surface area contributed by atoms with Crippen LogP contribution in [-0.4, -0.2) is 33.6 Å². The zero-order valence-corrected chi connectivity index (χ0v) is 21.2. The number of carbonyl (C=O) groups is 1. The number of rotatable bonds is 5. The van der Waals surface area contributed by atoms with Crippen molar-refractivity contribution < 1.29 is 9.53 Å². The van der Waals surface area contributed by atoms with Crippen LogP contribution in [0.3, 0.4) is 0 Å². The molecule has 0 saturated carbocycles. The van der Waals surface area contributed by atoms with Crippen molar-refractivity contribution in [2.24, 2.45) is 4.99 Å². The van der Waals surface area contributed by atoms with E-state index in [2.05, 4.69) is 84.8 Å². The average Bonchev–Trinajstić information content (AvgIpc) is 3.33. The van der Waals surface area contributed by atoms with E-state index >= 15 is 0 Å². The summed E-state index contributed by atoms with van der Waals surface area (Å²) < 4.78 is 7.01. The smallest absolute Gasteiger partial charge is 0.308 e. The number of thiophene rings is 1. The summed E-state index contributed by atoms with van der Waals surface area (Å²) in [6.07, 6.45) is 0.0954. The summed E-state index contributed by atoms with van der Waals surface area (Å²) in [6.45, 7) is 8.24. The summed E-state index contributed by atoms with van der Waals surface area (Å²) in [5.41, 5.74) is 7.31. The van der Waals surface area contributed by atoms with E-state index in [4.69, 9.17) is 9.73 Å². The molecular weight excluding hydrogens is 458 g/mol. The van der Waals surface area contributed by atoms with Crippen LogP contribution in [0.15, 0.2) is 53.5 Å². The number of anilines is 2.